The summed E-state index contributed by atoms with van der Waals surface area (Å²) in [6.07, 6.45) is -0.536. The molecule has 2 unspecified atom stereocenters. The fraction of sp³-hybridized carbons (Fsp3) is 0.562. The zero-order valence-electron chi connectivity index (χ0n) is 13.8. The lowest BCUT2D eigenvalue weighted by atomic mass is 9.93. The van der Waals surface area contributed by atoms with Gasteiger partial charge in [-0.2, -0.15) is 13.2 Å². The van der Waals surface area contributed by atoms with E-state index in [2.05, 4.69) is 27.1 Å². The summed E-state index contributed by atoms with van der Waals surface area (Å²) >= 11 is 0. The average molecular weight is 352 g/mol. The molecule has 0 aliphatic carbocycles. The predicted molar refractivity (Wildman–Crippen MR) is 86.3 cm³/mol. The van der Waals surface area contributed by atoms with Crippen molar-refractivity contribution in [2.24, 2.45) is 5.92 Å². The minimum atomic E-state index is -4.12. The van der Waals surface area contributed by atoms with Crippen molar-refractivity contribution in [2.45, 2.75) is 31.9 Å². The first-order valence-electron chi connectivity index (χ1n) is 8.42. The molecule has 1 aliphatic heterocycles. The second-order valence-corrected chi connectivity index (χ2v) is 6.62. The second kappa shape index (κ2) is 5.98. The maximum absolute atomic E-state index is 12.5. The van der Waals surface area contributed by atoms with Crippen LogP contribution in [0.3, 0.4) is 0 Å². The van der Waals surface area contributed by atoms with Gasteiger partial charge in [0.1, 0.15) is 5.82 Å². The van der Waals surface area contributed by atoms with Gasteiger partial charge in [0.05, 0.1) is 18.1 Å². The lowest BCUT2D eigenvalue weighted by molar-refractivity contribution is -0.137. The van der Waals surface area contributed by atoms with Crippen LogP contribution in [0.4, 0.5) is 13.2 Å². The maximum Gasteiger partial charge on any atom is 0.390 e. The molecule has 1 saturated heterocycles. The first-order valence-corrected chi connectivity index (χ1v) is 8.42. The van der Waals surface area contributed by atoms with Gasteiger partial charge < -0.3 is 9.88 Å². The maximum atomic E-state index is 12.5. The first kappa shape index (κ1) is 16.3. The lowest BCUT2D eigenvalue weighted by Crippen LogP contribution is -2.26. The molecule has 0 saturated carbocycles. The summed E-state index contributed by atoms with van der Waals surface area (Å²) in [4.78, 5) is 9.26. The van der Waals surface area contributed by atoms with Crippen molar-refractivity contribution in [1.82, 2.24) is 29.5 Å². The van der Waals surface area contributed by atoms with E-state index in [1.807, 2.05) is 21.6 Å². The quantitative estimate of drug-likeness (QED) is 0.784. The van der Waals surface area contributed by atoms with Crippen molar-refractivity contribution < 1.29 is 13.2 Å². The van der Waals surface area contributed by atoms with Crippen molar-refractivity contribution in [3.63, 3.8) is 0 Å². The standard InChI is InChI=1S/C16H19F3N6/c1-2-10-8-24(6-4-16(17,18)19)9-11(10)15-23-22-13-7-21-14-12(25(13)15)3-5-20-14/h3,5,7,10-11,20H,2,4,6,8-9H2,1H3. The molecule has 9 heteroatoms. The van der Waals surface area contributed by atoms with Crippen LogP contribution in [0.25, 0.3) is 16.8 Å². The Kier molecular flexibility index (Phi) is 3.90. The highest BCUT2D eigenvalue weighted by molar-refractivity contribution is 5.74. The number of hydrogen-bond donors (Lipinski definition) is 1. The van der Waals surface area contributed by atoms with Crippen LogP contribution in [0.1, 0.15) is 31.5 Å². The average Bonchev–Trinajstić information content (AvgIpc) is 3.27. The van der Waals surface area contributed by atoms with Gasteiger partial charge in [-0.25, -0.2) is 4.98 Å². The largest absolute Gasteiger partial charge is 0.390 e. The number of likely N-dealkylation sites (tertiary alicyclic amines) is 1. The van der Waals surface area contributed by atoms with Crippen molar-refractivity contribution in [3.8, 4) is 0 Å². The molecule has 0 aromatic carbocycles. The van der Waals surface area contributed by atoms with Crippen LogP contribution in [0.15, 0.2) is 18.5 Å². The monoisotopic (exact) mass is 352 g/mol. The van der Waals surface area contributed by atoms with Gasteiger partial charge in [0.2, 0.25) is 0 Å². The molecule has 25 heavy (non-hydrogen) atoms. The zero-order valence-corrected chi connectivity index (χ0v) is 13.8. The second-order valence-electron chi connectivity index (χ2n) is 6.62. The van der Waals surface area contributed by atoms with E-state index in [-0.39, 0.29) is 18.4 Å². The Labute approximate surface area is 142 Å². The van der Waals surface area contributed by atoms with Gasteiger partial charge in [0.15, 0.2) is 11.3 Å². The van der Waals surface area contributed by atoms with E-state index in [1.54, 1.807) is 6.20 Å². The third-order valence-corrected chi connectivity index (χ3v) is 5.05. The van der Waals surface area contributed by atoms with Crippen LogP contribution >= 0.6 is 0 Å². The molecular weight excluding hydrogens is 333 g/mol. The number of H-pyrrole nitrogens is 1. The minimum absolute atomic E-state index is 0.0361. The Morgan fingerprint density at radius 1 is 1.28 bits per heavy atom. The van der Waals surface area contributed by atoms with Crippen LogP contribution in [-0.4, -0.2) is 55.3 Å². The summed E-state index contributed by atoms with van der Waals surface area (Å²) in [6, 6.07) is 1.92. The van der Waals surface area contributed by atoms with Crippen LogP contribution in [0, 0.1) is 5.92 Å². The molecule has 0 radical (unpaired) electrons. The number of halogens is 3. The molecule has 0 amide bonds. The molecule has 4 rings (SSSR count). The number of nitrogens with one attached hydrogen (secondary N) is 1. The van der Waals surface area contributed by atoms with E-state index in [4.69, 9.17) is 0 Å². The minimum Gasteiger partial charge on any atom is -0.345 e. The molecule has 0 spiro atoms. The molecular formula is C16H19F3N6. The van der Waals surface area contributed by atoms with E-state index in [0.717, 1.165) is 23.4 Å². The summed E-state index contributed by atoms with van der Waals surface area (Å²) in [5.41, 5.74) is 2.29. The highest BCUT2D eigenvalue weighted by Crippen LogP contribution is 2.35. The number of fused-ring (bicyclic) bond motifs is 3. The van der Waals surface area contributed by atoms with Crippen molar-refractivity contribution >= 4 is 16.8 Å². The van der Waals surface area contributed by atoms with Gasteiger partial charge in [-0.05, 0) is 12.0 Å². The van der Waals surface area contributed by atoms with E-state index in [0.29, 0.717) is 18.7 Å². The Bertz CT molecular complexity index is 883. The van der Waals surface area contributed by atoms with Gasteiger partial charge in [0, 0.05) is 31.7 Å². The number of aromatic nitrogens is 5. The number of aromatic amines is 1. The number of hydrogen-bond acceptors (Lipinski definition) is 4. The van der Waals surface area contributed by atoms with Gasteiger partial charge >= 0.3 is 6.18 Å². The third-order valence-electron chi connectivity index (χ3n) is 5.05. The Hall–Kier alpha value is -2.16. The van der Waals surface area contributed by atoms with Gasteiger partial charge in [-0.3, -0.25) is 4.40 Å². The predicted octanol–water partition coefficient (Wildman–Crippen LogP) is 2.98. The molecule has 3 aromatic heterocycles. The molecule has 2 atom stereocenters. The van der Waals surface area contributed by atoms with Crippen LogP contribution in [0.2, 0.25) is 0 Å². The summed E-state index contributed by atoms with van der Waals surface area (Å²) in [5.74, 6) is 1.14. The van der Waals surface area contributed by atoms with Gasteiger partial charge in [-0.15, -0.1) is 10.2 Å². The number of rotatable bonds is 4. The van der Waals surface area contributed by atoms with Crippen molar-refractivity contribution in [1.29, 1.82) is 0 Å². The molecule has 4 heterocycles. The van der Waals surface area contributed by atoms with Crippen molar-refractivity contribution in [2.75, 3.05) is 19.6 Å². The van der Waals surface area contributed by atoms with Crippen LogP contribution in [0.5, 0.6) is 0 Å². The topological polar surface area (TPSA) is 62.1 Å². The first-order chi connectivity index (χ1) is 12.0. The summed E-state index contributed by atoms with van der Waals surface area (Å²) in [5, 5.41) is 8.57. The highest BCUT2D eigenvalue weighted by Gasteiger charge is 2.37. The van der Waals surface area contributed by atoms with Gasteiger partial charge in [-0.1, -0.05) is 13.3 Å². The van der Waals surface area contributed by atoms with E-state index >= 15 is 0 Å². The van der Waals surface area contributed by atoms with Crippen LogP contribution in [-0.2, 0) is 0 Å². The summed E-state index contributed by atoms with van der Waals surface area (Å²) in [6.45, 7) is 3.34. The lowest BCUT2D eigenvalue weighted by Gasteiger charge is -2.16. The Balaban J connectivity index is 1.66. The summed E-state index contributed by atoms with van der Waals surface area (Å²) < 4.78 is 39.6. The fourth-order valence-electron chi connectivity index (χ4n) is 3.77. The molecule has 134 valence electrons. The molecule has 1 aliphatic rings. The third kappa shape index (κ3) is 2.97. The van der Waals surface area contributed by atoms with E-state index in [1.165, 1.54) is 0 Å². The fourth-order valence-corrected chi connectivity index (χ4v) is 3.77. The molecule has 3 aromatic rings. The number of nitrogens with zero attached hydrogens (tertiary/aromatic N) is 5. The van der Waals surface area contributed by atoms with Crippen molar-refractivity contribution in [3.05, 3.63) is 24.3 Å². The summed E-state index contributed by atoms with van der Waals surface area (Å²) in [7, 11) is 0. The zero-order chi connectivity index (χ0) is 17.6. The molecule has 1 N–H and O–H groups in total. The van der Waals surface area contributed by atoms with E-state index < -0.39 is 12.6 Å². The Morgan fingerprint density at radius 3 is 2.88 bits per heavy atom. The highest BCUT2D eigenvalue weighted by atomic mass is 19.4. The van der Waals surface area contributed by atoms with Gasteiger partial charge in [0.25, 0.3) is 0 Å². The normalized spacial score (nSPS) is 22.4. The van der Waals surface area contributed by atoms with E-state index in [9.17, 15) is 13.2 Å². The molecule has 1 fully saturated rings. The van der Waals surface area contributed by atoms with Crippen LogP contribution < -0.4 is 0 Å². The SMILES string of the molecule is CCC1CN(CCC(F)(F)F)CC1c1nnc2cnc3[nH]ccc3n12. The molecule has 0 bridgehead atoms. The smallest absolute Gasteiger partial charge is 0.345 e. The molecule has 6 nitrogen and oxygen atoms in total. The number of alkyl halides is 3. The Morgan fingerprint density at radius 2 is 2.12 bits per heavy atom.